The third-order valence-corrected chi connectivity index (χ3v) is 5.89. The lowest BCUT2D eigenvalue weighted by molar-refractivity contribution is -0.117. The molecule has 0 atom stereocenters. The number of rotatable bonds is 5. The monoisotopic (exact) mass is 406 g/mol. The van der Waals surface area contributed by atoms with Crippen molar-refractivity contribution < 1.29 is 19.8 Å². The molecule has 2 heterocycles. The molecule has 1 spiro atoms. The Bertz CT molecular complexity index is 960. The summed E-state index contributed by atoms with van der Waals surface area (Å²) in [6, 6.07) is 16.0. The molecule has 0 bridgehead atoms. The van der Waals surface area contributed by atoms with Gasteiger partial charge in [-0.2, -0.15) is 0 Å². The molecule has 0 aromatic heterocycles. The highest BCUT2D eigenvalue weighted by Gasteiger charge is 2.42. The molecule has 0 radical (unpaired) electrons. The van der Waals surface area contributed by atoms with Gasteiger partial charge in [-0.25, -0.2) is 0 Å². The van der Waals surface area contributed by atoms with E-state index in [-0.39, 0.29) is 11.4 Å². The predicted octanol–water partition coefficient (Wildman–Crippen LogP) is 3.26. The number of ketones is 1. The second-order valence-electron chi connectivity index (χ2n) is 7.98. The third kappa shape index (κ3) is 4.45. The molecule has 6 nitrogen and oxygen atoms in total. The van der Waals surface area contributed by atoms with Gasteiger partial charge < -0.3 is 15.1 Å². The van der Waals surface area contributed by atoms with Crippen LogP contribution >= 0.6 is 0 Å². The summed E-state index contributed by atoms with van der Waals surface area (Å²) in [6.45, 7) is 2.26. The number of carbonyl (C=O) groups excluding carboxylic acids is 1. The highest BCUT2D eigenvalue weighted by molar-refractivity contribution is 6.04. The summed E-state index contributed by atoms with van der Waals surface area (Å²) in [5.41, 5.74) is 3.09. The van der Waals surface area contributed by atoms with E-state index in [4.69, 9.17) is 9.84 Å². The molecule has 2 aromatic carbocycles. The summed E-state index contributed by atoms with van der Waals surface area (Å²) >= 11 is 0. The van der Waals surface area contributed by atoms with E-state index in [2.05, 4.69) is 34.3 Å². The van der Waals surface area contributed by atoms with E-state index in [9.17, 15) is 10.0 Å². The van der Waals surface area contributed by atoms with Crippen LogP contribution in [0.5, 0.6) is 5.75 Å². The van der Waals surface area contributed by atoms with Gasteiger partial charge in [0.2, 0.25) is 0 Å². The molecule has 0 amide bonds. The molecule has 4 rings (SSSR count). The van der Waals surface area contributed by atoms with Crippen LogP contribution in [0.25, 0.3) is 6.08 Å². The van der Waals surface area contributed by atoms with E-state index >= 15 is 0 Å². The van der Waals surface area contributed by atoms with Crippen LogP contribution in [0, 0.1) is 0 Å². The van der Waals surface area contributed by atoms with Crippen molar-refractivity contribution in [3.8, 4) is 5.75 Å². The van der Waals surface area contributed by atoms with Crippen molar-refractivity contribution >= 4 is 17.6 Å². The van der Waals surface area contributed by atoms with Gasteiger partial charge in [0.25, 0.3) is 0 Å². The number of piperidine rings is 1. The van der Waals surface area contributed by atoms with Crippen molar-refractivity contribution in [3.05, 3.63) is 71.3 Å². The number of aliphatic hydroxyl groups excluding tert-OH is 1. The lowest BCUT2D eigenvalue weighted by Gasteiger charge is -2.44. The zero-order valence-corrected chi connectivity index (χ0v) is 16.8. The van der Waals surface area contributed by atoms with E-state index in [1.807, 2.05) is 24.3 Å². The summed E-state index contributed by atoms with van der Waals surface area (Å²) in [4.78, 5) is 13.7. The van der Waals surface area contributed by atoms with E-state index in [0.29, 0.717) is 17.9 Å². The lowest BCUT2D eigenvalue weighted by Crippen LogP contribution is -2.50. The quantitative estimate of drug-likeness (QED) is 0.453. The first kappa shape index (κ1) is 20.3. The molecule has 2 aliphatic rings. The second-order valence-corrected chi connectivity index (χ2v) is 7.98. The number of nitrogens with zero attached hydrogens (tertiary/aromatic N) is 2. The Kier molecular flexibility index (Phi) is 5.97. The smallest absolute Gasteiger partial charge is 0.181 e. The number of aliphatic hydroxyl groups is 1. The number of hydrogen-bond donors (Lipinski definition) is 2. The molecule has 1 saturated heterocycles. The van der Waals surface area contributed by atoms with Crippen LogP contribution in [0.3, 0.4) is 0 Å². The molecule has 30 heavy (non-hydrogen) atoms. The zero-order chi connectivity index (χ0) is 21.0. The molecule has 1 fully saturated rings. The SMILES string of the molecule is O=C(/C=C/c1ccc2c(c1)/C(=N/O)CC1(CCN(Cc3ccccc3)CC1)O2)CO. The fourth-order valence-corrected chi connectivity index (χ4v) is 4.21. The molecule has 2 N–H and O–H groups in total. The number of likely N-dealkylation sites (tertiary alicyclic amines) is 1. The predicted molar refractivity (Wildman–Crippen MR) is 115 cm³/mol. The van der Waals surface area contributed by atoms with Gasteiger partial charge in [-0.05, 0) is 29.3 Å². The molecule has 2 aliphatic heterocycles. The van der Waals surface area contributed by atoms with Crippen LogP contribution in [0.2, 0.25) is 0 Å². The molecular formula is C24H26N2O4. The largest absolute Gasteiger partial charge is 0.486 e. The van der Waals surface area contributed by atoms with Crippen LogP contribution in [-0.4, -0.2) is 52.0 Å². The van der Waals surface area contributed by atoms with Gasteiger partial charge in [0.05, 0.1) is 5.71 Å². The summed E-state index contributed by atoms with van der Waals surface area (Å²) in [5, 5.41) is 22.1. The number of carbonyl (C=O) groups is 1. The third-order valence-electron chi connectivity index (χ3n) is 5.89. The standard InChI is InChI=1S/C24H26N2O4/c27-17-20(28)8-6-18-7-9-23-21(14-18)22(25-29)15-24(30-23)10-12-26(13-11-24)16-19-4-2-1-3-5-19/h1-9,14,27,29H,10-13,15-17H2/b8-6+,25-22+. The van der Waals surface area contributed by atoms with Crippen molar-refractivity contribution in [2.75, 3.05) is 19.7 Å². The van der Waals surface area contributed by atoms with Crippen LogP contribution < -0.4 is 4.74 Å². The summed E-state index contributed by atoms with van der Waals surface area (Å²) in [5.74, 6) is 0.345. The number of ether oxygens (including phenoxy) is 1. The molecule has 156 valence electrons. The zero-order valence-electron chi connectivity index (χ0n) is 16.8. The maximum absolute atomic E-state index is 11.3. The van der Waals surface area contributed by atoms with Crippen LogP contribution in [0.1, 0.15) is 36.0 Å². The van der Waals surface area contributed by atoms with Gasteiger partial charge in [0, 0.05) is 44.5 Å². The van der Waals surface area contributed by atoms with Gasteiger partial charge in [0.1, 0.15) is 18.0 Å². The minimum absolute atomic E-state index is 0.355. The lowest BCUT2D eigenvalue weighted by atomic mass is 9.81. The van der Waals surface area contributed by atoms with Gasteiger partial charge in [-0.3, -0.25) is 9.69 Å². The van der Waals surface area contributed by atoms with Crippen molar-refractivity contribution in [2.24, 2.45) is 5.16 Å². The van der Waals surface area contributed by atoms with Crippen molar-refractivity contribution in [2.45, 2.75) is 31.4 Å². The first-order chi connectivity index (χ1) is 14.6. The maximum Gasteiger partial charge on any atom is 0.181 e. The first-order valence-corrected chi connectivity index (χ1v) is 10.2. The van der Waals surface area contributed by atoms with Gasteiger partial charge in [0.15, 0.2) is 5.78 Å². The van der Waals surface area contributed by atoms with Gasteiger partial charge in [-0.1, -0.05) is 47.6 Å². The van der Waals surface area contributed by atoms with Crippen LogP contribution in [0.15, 0.2) is 59.8 Å². The van der Waals surface area contributed by atoms with Crippen LogP contribution in [0.4, 0.5) is 0 Å². The number of fused-ring (bicyclic) bond motifs is 1. The summed E-state index contributed by atoms with van der Waals surface area (Å²) in [6.07, 6.45) is 5.26. The molecular weight excluding hydrogens is 380 g/mol. The average Bonchev–Trinajstić information content (AvgIpc) is 2.79. The average molecular weight is 406 g/mol. The van der Waals surface area contributed by atoms with E-state index in [0.717, 1.165) is 43.6 Å². The van der Waals surface area contributed by atoms with Crippen molar-refractivity contribution in [1.29, 1.82) is 0 Å². The molecule has 6 heteroatoms. The first-order valence-electron chi connectivity index (χ1n) is 10.2. The summed E-state index contributed by atoms with van der Waals surface area (Å²) in [7, 11) is 0. The Morgan fingerprint density at radius 3 is 2.63 bits per heavy atom. The minimum Gasteiger partial charge on any atom is -0.486 e. The van der Waals surface area contributed by atoms with Crippen molar-refractivity contribution in [3.63, 3.8) is 0 Å². The minimum atomic E-state index is -0.516. The van der Waals surface area contributed by atoms with E-state index < -0.39 is 6.61 Å². The maximum atomic E-state index is 11.3. The Morgan fingerprint density at radius 1 is 1.17 bits per heavy atom. The second kappa shape index (κ2) is 8.81. The summed E-state index contributed by atoms with van der Waals surface area (Å²) < 4.78 is 6.44. The Morgan fingerprint density at radius 2 is 1.93 bits per heavy atom. The number of oxime groups is 1. The van der Waals surface area contributed by atoms with Crippen LogP contribution in [-0.2, 0) is 11.3 Å². The van der Waals surface area contributed by atoms with Gasteiger partial charge >= 0.3 is 0 Å². The van der Waals surface area contributed by atoms with E-state index in [1.165, 1.54) is 11.6 Å². The fourth-order valence-electron chi connectivity index (χ4n) is 4.21. The molecule has 2 aromatic rings. The van der Waals surface area contributed by atoms with E-state index in [1.54, 1.807) is 6.08 Å². The number of benzene rings is 2. The Labute approximate surface area is 176 Å². The van der Waals surface area contributed by atoms with Gasteiger partial charge in [-0.15, -0.1) is 0 Å². The Balaban J connectivity index is 1.47. The van der Waals surface area contributed by atoms with Crippen molar-refractivity contribution in [1.82, 2.24) is 4.90 Å². The highest BCUT2D eigenvalue weighted by atomic mass is 16.5. The fraction of sp³-hybridized carbons (Fsp3) is 0.333. The molecule has 0 saturated carbocycles. The highest BCUT2D eigenvalue weighted by Crippen LogP contribution is 2.40. The normalized spacial score (nSPS) is 19.7. The molecule has 0 unspecified atom stereocenters. The Hall–Kier alpha value is -2.96. The molecule has 0 aliphatic carbocycles. The number of hydrogen-bond acceptors (Lipinski definition) is 6. The topological polar surface area (TPSA) is 82.4 Å².